The van der Waals surface area contributed by atoms with Gasteiger partial charge in [0.25, 0.3) is 0 Å². The van der Waals surface area contributed by atoms with Gasteiger partial charge < -0.3 is 9.47 Å². The van der Waals surface area contributed by atoms with Gasteiger partial charge in [-0.25, -0.2) is 4.39 Å². The largest absolute Gasteiger partial charge is 0.462 e. The summed E-state index contributed by atoms with van der Waals surface area (Å²) in [5, 5.41) is 0. The molecule has 5 heteroatoms. The second-order valence-corrected chi connectivity index (χ2v) is 14.0. The highest BCUT2D eigenvalue weighted by atomic mass is 19.1. The summed E-state index contributed by atoms with van der Waals surface area (Å²) >= 11 is 0. The van der Waals surface area contributed by atoms with Crippen molar-refractivity contribution in [2.24, 2.45) is 46.3 Å². The highest BCUT2D eigenvalue weighted by Crippen LogP contribution is 2.70. The molecule has 0 aromatic heterocycles. The van der Waals surface area contributed by atoms with Gasteiger partial charge in [0.2, 0.25) is 0 Å². The minimum atomic E-state index is -1.66. The van der Waals surface area contributed by atoms with Crippen LogP contribution in [0, 0.1) is 46.3 Å². The van der Waals surface area contributed by atoms with E-state index in [-0.39, 0.29) is 12.4 Å². The van der Waals surface area contributed by atoms with E-state index in [0.29, 0.717) is 42.4 Å². The second-order valence-electron chi connectivity index (χ2n) is 14.0. The van der Waals surface area contributed by atoms with Crippen LogP contribution in [0.4, 0.5) is 4.39 Å². The van der Waals surface area contributed by atoms with Gasteiger partial charge in [0.05, 0.1) is 0 Å². The normalized spacial score (nSPS) is 44.8. The van der Waals surface area contributed by atoms with Crippen LogP contribution in [0.2, 0.25) is 0 Å². The molecule has 0 saturated heterocycles. The maximum absolute atomic E-state index is 17.3. The Morgan fingerprint density at radius 2 is 1.61 bits per heavy atom. The van der Waals surface area contributed by atoms with E-state index in [4.69, 9.17) is 9.47 Å². The molecule has 0 spiro atoms. The van der Waals surface area contributed by atoms with Gasteiger partial charge in [-0.1, -0.05) is 53.9 Å². The van der Waals surface area contributed by atoms with Crippen LogP contribution in [0.15, 0.2) is 0 Å². The molecule has 4 aliphatic carbocycles. The first-order valence-electron chi connectivity index (χ1n) is 14.8. The molecule has 4 rings (SSSR count). The van der Waals surface area contributed by atoms with Crippen molar-refractivity contribution in [1.82, 2.24) is 0 Å². The molecule has 0 radical (unpaired) electrons. The van der Waals surface area contributed by atoms with Gasteiger partial charge in [-0.15, -0.1) is 0 Å². The van der Waals surface area contributed by atoms with Crippen LogP contribution in [0.3, 0.4) is 0 Å². The minimum Gasteiger partial charge on any atom is -0.462 e. The monoisotopic (exact) mass is 506 g/mol. The molecule has 0 unspecified atom stereocenters. The van der Waals surface area contributed by atoms with Crippen LogP contribution in [-0.4, -0.2) is 29.8 Å². The summed E-state index contributed by atoms with van der Waals surface area (Å²) in [7, 11) is 0. The number of hydrogen-bond donors (Lipinski definition) is 0. The van der Waals surface area contributed by atoms with E-state index in [0.717, 1.165) is 24.2 Å². The number of carbonyl (C=O) groups excluding carboxylic acids is 2. The first kappa shape index (κ1) is 27.9. The lowest BCUT2D eigenvalue weighted by Crippen LogP contribution is -2.67. The topological polar surface area (TPSA) is 52.6 Å². The van der Waals surface area contributed by atoms with Crippen molar-refractivity contribution in [3.8, 4) is 0 Å². The Kier molecular flexibility index (Phi) is 7.91. The molecule has 0 aliphatic heterocycles. The second kappa shape index (κ2) is 10.2. The van der Waals surface area contributed by atoms with Crippen LogP contribution < -0.4 is 0 Å². The molecule has 206 valence electrons. The lowest BCUT2D eigenvalue weighted by Gasteiger charge is -2.64. The molecule has 4 aliphatic rings. The number of carbonyl (C=O) groups is 2. The van der Waals surface area contributed by atoms with Crippen molar-refractivity contribution in [2.75, 3.05) is 0 Å². The molecule has 36 heavy (non-hydrogen) atoms. The fraction of sp³-hybridized carbons (Fsp3) is 0.935. The zero-order valence-electron chi connectivity index (χ0n) is 23.9. The fourth-order valence-corrected chi connectivity index (χ4v) is 9.87. The van der Waals surface area contributed by atoms with E-state index in [9.17, 15) is 9.59 Å². The summed E-state index contributed by atoms with van der Waals surface area (Å²) in [5.41, 5.74) is -1.93. The fourth-order valence-electron chi connectivity index (χ4n) is 9.87. The van der Waals surface area contributed by atoms with Gasteiger partial charge in [-0.2, -0.15) is 0 Å². The molecule has 0 heterocycles. The van der Waals surface area contributed by atoms with Gasteiger partial charge in [-0.3, -0.25) is 9.59 Å². The molecule has 0 N–H and O–H groups in total. The van der Waals surface area contributed by atoms with Crippen molar-refractivity contribution in [3.05, 3.63) is 0 Å². The Hall–Kier alpha value is -1.13. The molecular formula is C31H51FO4. The van der Waals surface area contributed by atoms with E-state index in [1.807, 2.05) is 0 Å². The number of hydrogen-bond acceptors (Lipinski definition) is 4. The minimum absolute atomic E-state index is 0.141. The Morgan fingerprint density at radius 3 is 2.25 bits per heavy atom. The lowest BCUT2D eigenvalue weighted by molar-refractivity contribution is -0.243. The van der Waals surface area contributed by atoms with Crippen LogP contribution in [-0.2, 0) is 19.1 Å². The number of halogens is 1. The maximum atomic E-state index is 17.3. The molecule has 0 aromatic carbocycles. The average Bonchev–Trinajstić information content (AvgIpc) is 3.12. The third-order valence-electron chi connectivity index (χ3n) is 11.6. The standard InChI is InChI=1S/C31H51FO4/c1-19(2)9-8-10-20(3)25-11-12-26-24-17-28(36-22(5)34)31(32)18-23(35-21(4)33)13-16-30(31,7)27(24)14-15-29(25,26)6/h19-20,23-28H,8-18H2,1-7H3/t20-,23-,24-,25-,26-,27-,28+,29+,30-,31+/m1/s1. The predicted octanol–water partition coefficient (Wildman–Crippen LogP) is 7.67. The van der Waals surface area contributed by atoms with Crippen LogP contribution >= 0.6 is 0 Å². The van der Waals surface area contributed by atoms with Crippen molar-refractivity contribution in [3.63, 3.8) is 0 Å². The molecule has 10 atom stereocenters. The van der Waals surface area contributed by atoms with Gasteiger partial charge >= 0.3 is 11.9 Å². The summed E-state index contributed by atoms with van der Waals surface area (Å²) < 4.78 is 28.6. The molecule has 0 amide bonds. The number of ether oxygens (including phenoxy) is 2. The van der Waals surface area contributed by atoms with Gasteiger partial charge in [0, 0.05) is 25.7 Å². The highest BCUT2D eigenvalue weighted by Gasteiger charge is 2.70. The first-order valence-corrected chi connectivity index (χ1v) is 14.8. The molecule has 0 aromatic rings. The summed E-state index contributed by atoms with van der Waals surface area (Å²) in [6.07, 6.45) is 9.56. The summed E-state index contributed by atoms with van der Waals surface area (Å²) in [5.74, 6) is 2.69. The Morgan fingerprint density at radius 1 is 0.917 bits per heavy atom. The summed E-state index contributed by atoms with van der Waals surface area (Å²) in [6, 6.07) is 0. The van der Waals surface area contributed by atoms with E-state index in [2.05, 4.69) is 34.6 Å². The van der Waals surface area contributed by atoms with Gasteiger partial charge in [0.15, 0.2) is 5.67 Å². The van der Waals surface area contributed by atoms with E-state index >= 15 is 4.39 Å². The Labute approximate surface area is 218 Å². The highest BCUT2D eigenvalue weighted by molar-refractivity contribution is 5.66. The number of rotatable bonds is 7. The van der Waals surface area contributed by atoms with Gasteiger partial charge in [-0.05, 0) is 85.9 Å². The molecule has 0 bridgehead atoms. The van der Waals surface area contributed by atoms with Gasteiger partial charge in [0.1, 0.15) is 12.2 Å². The van der Waals surface area contributed by atoms with E-state index in [1.165, 1.54) is 52.4 Å². The summed E-state index contributed by atoms with van der Waals surface area (Å²) in [4.78, 5) is 23.8. The lowest BCUT2D eigenvalue weighted by atomic mass is 9.42. The molecule has 4 nitrogen and oxygen atoms in total. The third kappa shape index (κ3) is 4.75. The van der Waals surface area contributed by atoms with Crippen molar-refractivity contribution in [2.45, 2.75) is 137 Å². The van der Waals surface area contributed by atoms with Crippen molar-refractivity contribution < 1.29 is 23.5 Å². The van der Waals surface area contributed by atoms with Crippen LogP contribution in [0.1, 0.15) is 119 Å². The first-order chi connectivity index (χ1) is 16.8. The molecular weight excluding hydrogens is 455 g/mol. The molecule has 4 fully saturated rings. The number of esters is 2. The zero-order chi connectivity index (χ0) is 26.5. The van der Waals surface area contributed by atoms with Crippen molar-refractivity contribution in [1.29, 1.82) is 0 Å². The predicted molar refractivity (Wildman–Crippen MR) is 140 cm³/mol. The quantitative estimate of drug-likeness (QED) is 0.332. The van der Waals surface area contributed by atoms with E-state index in [1.54, 1.807) is 0 Å². The van der Waals surface area contributed by atoms with E-state index < -0.39 is 29.3 Å². The Balaban J connectivity index is 1.59. The summed E-state index contributed by atoms with van der Waals surface area (Å²) in [6.45, 7) is 14.5. The van der Waals surface area contributed by atoms with Crippen molar-refractivity contribution >= 4 is 11.9 Å². The maximum Gasteiger partial charge on any atom is 0.303 e. The smallest absolute Gasteiger partial charge is 0.303 e. The number of fused-ring (bicyclic) bond motifs is 5. The Bertz CT molecular complexity index is 827. The van der Waals surface area contributed by atoms with Crippen LogP contribution in [0.25, 0.3) is 0 Å². The number of alkyl halides is 1. The molecule has 4 saturated carbocycles. The SMILES string of the molecule is CC(=O)O[C@@H]1CC[C@]2(C)[C@@H]3CC[C@]4(C)[C@H](CC[C@@H]4[C@H](C)CCCC(C)C)[C@H]3C[C@H](OC(C)=O)[C@@]2(F)C1. The third-order valence-corrected chi connectivity index (χ3v) is 11.6. The zero-order valence-corrected chi connectivity index (χ0v) is 23.9. The van der Waals surface area contributed by atoms with Crippen LogP contribution in [0.5, 0.6) is 0 Å². The average molecular weight is 507 g/mol.